The number of nitrogens with one attached hydrogen (secondary N) is 1. The summed E-state index contributed by atoms with van der Waals surface area (Å²) in [6.07, 6.45) is 3.77. The monoisotopic (exact) mass is 358 g/mol. The lowest BCUT2D eigenvalue weighted by Crippen LogP contribution is -2.57. The number of likely N-dealkylation sites (tertiary alicyclic amines) is 1. The van der Waals surface area contributed by atoms with E-state index < -0.39 is 14.6 Å². The normalized spacial score (nSPS) is 27.9. The summed E-state index contributed by atoms with van der Waals surface area (Å²) in [5.41, 5.74) is 0. The van der Waals surface area contributed by atoms with Gasteiger partial charge in [-0.15, -0.1) is 0 Å². The SMILES string of the molecule is CCNC(=NCC1CCCCN1CC)N1CCS(=O)(=O)C(C)(C)C1. The van der Waals surface area contributed by atoms with Crippen molar-refractivity contribution in [1.29, 1.82) is 0 Å². The predicted octanol–water partition coefficient (Wildman–Crippen LogP) is 1.34. The summed E-state index contributed by atoms with van der Waals surface area (Å²) in [6, 6.07) is 0.513. The molecule has 0 aromatic heterocycles. The Morgan fingerprint density at radius 3 is 2.62 bits per heavy atom. The Morgan fingerprint density at radius 1 is 1.25 bits per heavy atom. The van der Waals surface area contributed by atoms with Crippen LogP contribution in [0, 0.1) is 0 Å². The van der Waals surface area contributed by atoms with Crippen LogP contribution in [0.25, 0.3) is 0 Å². The number of hydrogen-bond donors (Lipinski definition) is 1. The van der Waals surface area contributed by atoms with E-state index in [2.05, 4.69) is 29.0 Å². The van der Waals surface area contributed by atoms with E-state index in [1.54, 1.807) is 0 Å². The molecular weight excluding hydrogens is 324 g/mol. The van der Waals surface area contributed by atoms with E-state index in [1.165, 1.54) is 25.8 Å². The van der Waals surface area contributed by atoms with Crippen molar-refractivity contribution in [2.45, 2.75) is 57.7 Å². The molecule has 0 aromatic carbocycles. The van der Waals surface area contributed by atoms with Crippen molar-refractivity contribution < 1.29 is 8.42 Å². The van der Waals surface area contributed by atoms with Gasteiger partial charge < -0.3 is 10.2 Å². The second kappa shape index (κ2) is 8.04. The van der Waals surface area contributed by atoms with Crippen LogP contribution in [0.4, 0.5) is 0 Å². The van der Waals surface area contributed by atoms with Gasteiger partial charge in [-0.1, -0.05) is 13.3 Å². The van der Waals surface area contributed by atoms with Crippen LogP contribution in [0.1, 0.15) is 47.0 Å². The summed E-state index contributed by atoms with van der Waals surface area (Å²) in [5, 5.41) is 3.35. The van der Waals surface area contributed by atoms with Crippen molar-refractivity contribution in [2.24, 2.45) is 4.99 Å². The van der Waals surface area contributed by atoms with Crippen molar-refractivity contribution in [3.8, 4) is 0 Å². The van der Waals surface area contributed by atoms with Gasteiger partial charge in [0.15, 0.2) is 15.8 Å². The number of guanidine groups is 1. The molecule has 0 bridgehead atoms. The first kappa shape index (κ1) is 19.5. The van der Waals surface area contributed by atoms with Gasteiger partial charge in [-0.3, -0.25) is 9.89 Å². The maximum absolute atomic E-state index is 12.2. The molecule has 6 nitrogen and oxygen atoms in total. The zero-order chi connectivity index (χ0) is 17.8. The van der Waals surface area contributed by atoms with Crippen LogP contribution in [-0.2, 0) is 9.84 Å². The molecule has 1 N–H and O–H groups in total. The molecule has 7 heteroatoms. The van der Waals surface area contributed by atoms with E-state index in [4.69, 9.17) is 4.99 Å². The summed E-state index contributed by atoms with van der Waals surface area (Å²) in [6.45, 7) is 12.8. The summed E-state index contributed by atoms with van der Waals surface area (Å²) in [4.78, 5) is 9.50. The molecule has 2 heterocycles. The molecular formula is C17H34N4O2S. The van der Waals surface area contributed by atoms with Gasteiger partial charge in [-0.25, -0.2) is 8.42 Å². The fraction of sp³-hybridized carbons (Fsp3) is 0.941. The molecule has 0 radical (unpaired) electrons. The minimum absolute atomic E-state index is 0.203. The van der Waals surface area contributed by atoms with Crippen LogP contribution in [0.2, 0.25) is 0 Å². The molecule has 2 saturated heterocycles. The molecule has 2 rings (SSSR count). The van der Waals surface area contributed by atoms with Gasteiger partial charge in [0.25, 0.3) is 0 Å². The van der Waals surface area contributed by atoms with E-state index in [1.807, 2.05) is 13.8 Å². The highest BCUT2D eigenvalue weighted by molar-refractivity contribution is 7.92. The Morgan fingerprint density at radius 2 is 2.00 bits per heavy atom. The summed E-state index contributed by atoms with van der Waals surface area (Å²) in [5.74, 6) is 1.07. The Hall–Kier alpha value is -0.820. The third-order valence-electron chi connectivity index (χ3n) is 5.28. The number of likely N-dealkylation sites (N-methyl/N-ethyl adjacent to an activating group) is 1. The molecule has 2 aliphatic rings. The van der Waals surface area contributed by atoms with Crippen LogP contribution in [0.5, 0.6) is 0 Å². The molecule has 0 aromatic rings. The fourth-order valence-electron chi connectivity index (χ4n) is 3.63. The molecule has 140 valence electrons. The Bertz CT molecular complexity index is 545. The van der Waals surface area contributed by atoms with Crippen molar-refractivity contribution >= 4 is 15.8 Å². The lowest BCUT2D eigenvalue weighted by Gasteiger charge is -2.39. The number of hydrogen-bond acceptors (Lipinski definition) is 4. The van der Waals surface area contributed by atoms with Gasteiger partial charge in [0.05, 0.1) is 17.0 Å². The molecule has 2 aliphatic heterocycles. The van der Waals surface area contributed by atoms with E-state index in [0.29, 0.717) is 19.1 Å². The standard InChI is InChI=1S/C17H34N4O2S/c1-5-18-16(19-13-15-9-7-8-10-20(15)6-2)21-11-12-24(22,23)17(3,4)14-21/h15H,5-14H2,1-4H3,(H,18,19). The fourth-order valence-corrected chi connectivity index (χ4v) is 4.99. The first-order chi connectivity index (χ1) is 11.3. The van der Waals surface area contributed by atoms with E-state index in [9.17, 15) is 8.42 Å². The van der Waals surface area contributed by atoms with Gasteiger partial charge in [-0.2, -0.15) is 0 Å². The molecule has 0 spiro atoms. The summed E-state index contributed by atoms with van der Waals surface area (Å²) >= 11 is 0. The zero-order valence-electron chi connectivity index (χ0n) is 15.7. The molecule has 1 unspecified atom stereocenters. The second-order valence-corrected chi connectivity index (χ2v) is 10.2. The topological polar surface area (TPSA) is 65.0 Å². The predicted molar refractivity (Wildman–Crippen MR) is 100 cm³/mol. The lowest BCUT2D eigenvalue weighted by atomic mass is 10.0. The maximum Gasteiger partial charge on any atom is 0.194 e. The molecule has 0 saturated carbocycles. The quantitative estimate of drug-likeness (QED) is 0.607. The molecule has 0 aliphatic carbocycles. The Kier molecular flexibility index (Phi) is 6.53. The van der Waals surface area contributed by atoms with E-state index in [0.717, 1.165) is 25.6 Å². The van der Waals surface area contributed by atoms with Gasteiger partial charge in [0.2, 0.25) is 0 Å². The van der Waals surface area contributed by atoms with E-state index >= 15 is 0 Å². The average Bonchev–Trinajstić information content (AvgIpc) is 2.54. The highest BCUT2D eigenvalue weighted by Crippen LogP contribution is 2.24. The van der Waals surface area contributed by atoms with Crippen molar-refractivity contribution in [1.82, 2.24) is 15.1 Å². The van der Waals surface area contributed by atoms with Crippen LogP contribution in [-0.4, -0.2) is 80.0 Å². The van der Waals surface area contributed by atoms with Gasteiger partial charge in [0, 0.05) is 25.7 Å². The third-order valence-corrected chi connectivity index (χ3v) is 7.82. The first-order valence-corrected chi connectivity index (χ1v) is 11.0. The van der Waals surface area contributed by atoms with Crippen molar-refractivity contribution in [3.05, 3.63) is 0 Å². The second-order valence-electron chi connectivity index (χ2n) is 7.47. The van der Waals surface area contributed by atoms with E-state index in [-0.39, 0.29) is 5.75 Å². The highest BCUT2D eigenvalue weighted by Gasteiger charge is 2.41. The molecule has 1 atom stereocenters. The number of sulfone groups is 1. The van der Waals surface area contributed by atoms with Crippen molar-refractivity contribution in [3.63, 3.8) is 0 Å². The lowest BCUT2D eigenvalue weighted by molar-refractivity contribution is 0.161. The summed E-state index contributed by atoms with van der Waals surface area (Å²) < 4.78 is 23.7. The van der Waals surface area contributed by atoms with Gasteiger partial charge in [-0.05, 0) is 46.7 Å². The number of aliphatic imine (C=N–C) groups is 1. The van der Waals surface area contributed by atoms with Gasteiger partial charge >= 0.3 is 0 Å². The smallest absolute Gasteiger partial charge is 0.194 e. The minimum Gasteiger partial charge on any atom is -0.357 e. The van der Waals surface area contributed by atoms with Crippen LogP contribution >= 0.6 is 0 Å². The zero-order valence-corrected chi connectivity index (χ0v) is 16.5. The number of nitrogens with zero attached hydrogens (tertiary/aromatic N) is 3. The third kappa shape index (κ3) is 4.42. The minimum atomic E-state index is -3.02. The molecule has 2 fully saturated rings. The Balaban J connectivity index is 2.08. The largest absolute Gasteiger partial charge is 0.357 e. The molecule has 24 heavy (non-hydrogen) atoms. The average molecular weight is 359 g/mol. The van der Waals surface area contributed by atoms with Gasteiger partial charge in [0.1, 0.15) is 0 Å². The summed E-state index contributed by atoms with van der Waals surface area (Å²) in [7, 11) is -3.02. The van der Waals surface area contributed by atoms with Crippen LogP contribution in [0.3, 0.4) is 0 Å². The van der Waals surface area contributed by atoms with Crippen molar-refractivity contribution in [2.75, 3.05) is 45.0 Å². The Labute approximate surface area is 147 Å². The van der Waals surface area contributed by atoms with Crippen LogP contribution in [0.15, 0.2) is 4.99 Å². The number of piperidine rings is 1. The molecule has 0 amide bonds. The maximum atomic E-state index is 12.2. The highest BCUT2D eigenvalue weighted by atomic mass is 32.2. The number of rotatable bonds is 4. The first-order valence-electron chi connectivity index (χ1n) is 9.30. The van der Waals surface area contributed by atoms with Crippen LogP contribution < -0.4 is 5.32 Å².